The smallest absolute Gasteiger partial charge is 0.0441 e. The van der Waals surface area contributed by atoms with Crippen LogP contribution in [0.25, 0.3) is 0 Å². The Morgan fingerprint density at radius 3 is 2.86 bits per heavy atom. The van der Waals surface area contributed by atoms with Crippen molar-refractivity contribution < 1.29 is 5.11 Å². The van der Waals surface area contributed by atoms with Crippen LogP contribution in [0.2, 0.25) is 0 Å². The van der Waals surface area contributed by atoms with E-state index in [1.807, 2.05) is 18.2 Å². The highest BCUT2D eigenvalue weighted by molar-refractivity contribution is 8.00. The third-order valence-electron chi connectivity index (χ3n) is 2.08. The Labute approximate surface area is 89.5 Å². The van der Waals surface area contributed by atoms with Crippen LogP contribution in [-0.2, 0) is 0 Å². The van der Waals surface area contributed by atoms with Gasteiger partial charge in [0.15, 0.2) is 0 Å². The van der Waals surface area contributed by atoms with Gasteiger partial charge in [-0.2, -0.15) is 0 Å². The molecule has 1 rings (SSSR count). The van der Waals surface area contributed by atoms with E-state index in [4.69, 9.17) is 10.8 Å². The van der Waals surface area contributed by atoms with Crippen molar-refractivity contribution in [2.75, 3.05) is 12.3 Å². The Hall–Kier alpha value is -0.670. The predicted molar refractivity (Wildman–Crippen MR) is 62.6 cm³/mol. The van der Waals surface area contributed by atoms with Crippen LogP contribution in [-0.4, -0.2) is 17.0 Å². The molecule has 0 spiro atoms. The van der Waals surface area contributed by atoms with Crippen molar-refractivity contribution >= 4 is 17.4 Å². The number of aryl methyl sites for hydroxylation is 1. The summed E-state index contributed by atoms with van der Waals surface area (Å²) < 4.78 is 0. The van der Waals surface area contributed by atoms with Crippen LogP contribution < -0.4 is 5.73 Å². The Balaban J connectivity index is 2.70. The third-order valence-corrected chi connectivity index (χ3v) is 3.41. The van der Waals surface area contributed by atoms with Gasteiger partial charge < -0.3 is 10.8 Å². The van der Waals surface area contributed by atoms with Crippen molar-refractivity contribution in [3.8, 4) is 0 Å². The minimum Gasteiger partial charge on any atom is -0.399 e. The van der Waals surface area contributed by atoms with E-state index < -0.39 is 0 Å². The Morgan fingerprint density at radius 2 is 2.21 bits per heavy atom. The Morgan fingerprint density at radius 1 is 1.50 bits per heavy atom. The molecule has 0 aromatic heterocycles. The van der Waals surface area contributed by atoms with Gasteiger partial charge in [-0.15, -0.1) is 11.8 Å². The van der Waals surface area contributed by atoms with Crippen LogP contribution in [0, 0.1) is 6.92 Å². The molecule has 0 aliphatic heterocycles. The van der Waals surface area contributed by atoms with Crippen molar-refractivity contribution in [1.29, 1.82) is 0 Å². The molecule has 1 unspecified atom stereocenters. The summed E-state index contributed by atoms with van der Waals surface area (Å²) >= 11 is 1.77. The average Bonchev–Trinajstić information content (AvgIpc) is 2.12. The van der Waals surface area contributed by atoms with Crippen molar-refractivity contribution in [2.24, 2.45) is 0 Å². The largest absolute Gasteiger partial charge is 0.399 e. The molecule has 14 heavy (non-hydrogen) atoms. The van der Waals surface area contributed by atoms with Crippen LogP contribution in [0.1, 0.15) is 18.9 Å². The monoisotopic (exact) mass is 211 g/mol. The molecule has 3 N–H and O–H groups in total. The molecule has 1 aromatic carbocycles. The third kappa shape index (κ3) is 3.24. The van der Waals surface area contributed by atoms with Crippen LogP contribution in [0.4, 0.5) is 5.69 Å². The van der Waals surface area contributed by atoms with E-state index in [0.717, 1.165) is 12.1 Å². The van der Waals surface area contributed by atoms with Crippen LogP contribution in [0.5, 0.6) is 0 Å². The Bertz CT molecular complexity index is 301. The lowest BCUT2D eigenvalue weighted by Gasteiger charge is -2.11. The predicted octanol–water partition coefficient (Wildman–Crippen LogP) is 2.44. The fourth-order valence-electron chi connectivity index (χ4n) is 1.20. The Kier molecular flexibility index (Phi) is 4.29. The summed E-state index contributed by atoms with van der Waals surface area (Å²) in [5.74, 6) is 0. The molecule has 1 atom stereocenters. The van der Waals surface area contributed by atoms with E-state index in [0.29, 0.717) is 5.25 Å². The van der Waals surface area contributed by atoms with Gasteiger partial charge in [-0.3, -0.25) is 0 Å². The van der Waals surface area contributed by atoms with E-state index in [1.54, 1.807) is 11.8 Å². The first-order chi connectivity index (χ1) is 6.63. The molecule has 0 fully saturated rings. The van der Waals surface area contributed by atoms with Gasteiger partial charge in [0.05, 0.1) is 0 Å². The summed E-state index contributed by atoms with van der Waals surface area (Å²) in [6.07, 6.45) is 0.818. The molecule has 0 amide bonds. The molecule has 0 saturated heterocycles. The van der Waals surface area contributed by atoms with E-state index >= 15 is 0 Å². The maximum Gasteiger partial charge on any atom is 0.0441 e. The number of aliphatic hydroxyl groups is 1. The van der Waals surface area contributed by atoms with Crippen molar-refractivity contribution in [1.82, 2.24) is 0 Å². The molecule has 0 heterocycles. The first kappa shape index (κ1) is 11.4. The van der Waals surface area contributed by atoms with E-state index in [2.05, 4.69) is 13.8 Å². The zero-order valence-electron chi connectivity index (χ0n) is 8.66. The van der Waals surface area contributed by atoms with Crippen LogP contribution >= 0.6 is 11.8 Å². The van der Waals surface area contributed by atoms with E-state index in [1.165, 1.54) is 10.5 Å². The minimum absolute atomic E-state index is 0.246. The molecule has 2 nitrogen and oxygen atoms in total. The van der Waals surface area contributed by atoms with Crippen molar-refractivity contribution in [2.45, 2.75) is 30.4 Å². The second-order valence-corrected chi connectivity index (χ2v) is 4.95. The molecule has 78 valence electrons. The summed E-state index contributed by atoms with van der Waals surface area (Å²) in [7, 11) is 0. The summed E-state index contributed by atoms with van der Waals surface area (Å²) in [5, 5.41) is 9.23. The lowest BCUT2D eigenvalue weighted by atomic mass is 10.2. The molecule has 1 aromatic rings. The zero-order chi connectivity index (χ0) is 10.6. The molecule has 0 aliphatic rings. The molecule has 0 bridgehead atoms. The van der Waals surface area contributed by atoms with Gasteiger partial charge in [0.1, 0.15) is 0 Å². The van der Waals surface area contributed by atoms with Crippen molar-refractivity contribution in [3.63, 3.8) is 0 Å². The lowest BCUT2D eigenvalue weighted by Crippen LogP contribution is -2.00. The maximum atomic E-state index is 8.80. The molecule has 0 radical (unpaired) electrons. The number of benzene rings is 1. The molecular weight excluding hydrogens is 194 g/mol. The molecule has 0 aliphatic carbocycles. The zero-order valence-corrected chi connectivity index (χ0v) is 9.47. The standard InChI is InChI=1S/C11H17NOS/c1-8-3-4-10(12)7-11(8)14-9(2)5-6-13/h3-4,7,9,13H,5-6,12H2,1-2H3. The summed E-state index contributed by atoms with van der Waals surface area (Å²) in [6, 6.07) is 5.94. The van der Waals surface area contributed by atoms with Crippen LogP contribution in [0.3, 0.4) is 0 Å². The second kappa shape index (κ2) is 5.27. The number of rotatable bonds is 4. The van der Waals surface area contributed by atoms with Gasteiger partial charge in [-0.05, 0) is 31.0 Å². The summed E-state index contributed by atoms with van der Waals surface area (Å²) in [6.45, 7) is 4.44. The minimum atomic E-state index is 0.246. The van der Waals surface area contributed by atoms with E-state index in [-0.39, 0.29) is 6.61 Å². The quantitative estimate of drug-likeness (QED) is 0.594. The summed E-state index contributed by atoms with van der Waals surface area (Å²) in [5.41, 5.74) is 7.76. The number of hydrogen-bond acceptors (Lipinski definition) is 3. The first-order valence-corrected chi connectivity index (χ1v) is 5.65. The number of hydrogen-bond donors (Lipinski definition) is 2. The number of aliphatic hydroxyl groups excluding tert-OH is 1. The lowest BCUT2D eigenvalue weighted by molar-refractivity contribution is 0.289. The second-order valence-electron chi connectivity index (χ2n) is 3.47. The fraction of sp³-hybridized carbons (Fsp3) is 0.455. The van der Waals surface area contributed by atoms with Gasteiger partial charge in [0.2, 0.25) is 0 Å². The highest BCUT2D eigenvalue weighted by atomic mass is 32.2. The highest BCUT2D eigenvalue weighted by Gasteiger charge is 2.06. The average molecular weight is 211 g/mol. The van der Waals surface area contributed by atoms with Crippen LogP contribution in [0.15, 0.2) is 23.1 Å². The van der Waals surface area contributed by atoms with Gasteiger partial charge in [-0.25, -0.2) is 0 Å². The van der Waals surface area contributed by atoms with E-state index in [9.17, 15) is 0 Å². The fourth-order valence-corrected chi connectivity index (χ4v) is 2.32. The maximum absolute atomic E-state index is 8.80. The van der Waals surface area contributed by atoms with Gasteiger partial charge in [0, 0.05) is 22.4 Å². The van der Waals surface area contributed by atoms with Gasteiger partial charge in [0.25, 0.3) is 0 Å². The highest BCUT2D eigenvalue weighted by Crippen LogP contribution is 2.29. The van der Waals surface area contributed by atoms with Crippen molar-refractivity contribution in [3.05, 3.63) is 23.8 Å². The number of thioether (sulfide) groups is 1. The number of nitrogens with two attached hydrogens (primary N) is 1. The normalized spacial score (nSPS) is 12.8. The molecule has 3 heteroatoms. The topological polar surface area (TPSA) is 46.2 Å². The number of nitrogen functional groups attached to an aromatic ring is 1. The first-order valence-electron chi connectivity index (χ1n) is 4.77. The number of anilines is 1. The summed E-state index contributed by atoms with van der Waals surface area (Å²) in [4.78, 5) is 1.21. The SMILES string of the molecule is Cc1ccc(N)cc1SC(C)CCO. The molecular formula is C11H17NOS. The molecule has 0 saturated carbocycles. The van der Waals surface area contributed by atoms with Gasteiger partial charge in [-0.1, -0.05) is 13.0 Å². The van der Waals surface area contributed by atoms with Gasteiger partial charge >= 0.3 is 0 Å².